The van der Waals surface area contributed by atoms with E-state index in [0.717, 1.165) is 0 Å². The molecule has 0 bridgehead atoms. The van der Waals surface area contributed by atoms with Gasteiger partial charge >= 0.3 is 6.03 Å². The third kappa shape index (κ3) is 4.84. The fourth-order valence-corrected chi connectivity index (χ4v) is 6.31. The van der Waals surface area contributed by atoms with Gasteiger partial charge in [0.15, 0.2) is 5.78 Å². The molecule has 202 valence electrons. The van der Waals surface area contributed by atoms with Crippen molar-refractivity contribution < 1.29 is 23.9 Å². The Kier molecular flexibility index (Phi) is 6.71. The number of carbonyl (C=O) groups is 4. The first-order valence-corrected chi connectivity index (χ1v) is 13.6. The van der Waals surface area contributed by atoms with Gasteiger partial charge in [0.25, 0.3) is 5.91 Å². The summed E-state index contributed by atoms with van der Waals surface area (Å²) in [6.07, 6.45) is 0.711. The molecule has 1 aromatic heterocycles. The van der Waals surface area contributed by atoms with Crippen LogP contribution in [0.1, 0.15) is 49.9 Å². The van der Waals surface area contributed by atoms with Crippen LogP contribution in [-0.2, 0) is 9.53 Å². The Morgan fingerprint density at radius 1 is 1.10 bits per heavy atom. The van der Waals surface area contributed by atoms with E-state index in [-0.39, 0.29) is 23.6 Å². The lowest BCUT2D eigenvalue weighted by Gasteiger charge is -2.27. The van der Waals surface area contributed by atoms with Crippen molar-refractivity contribution in [2.75, 3.05) is 44.7 Å². The second-order valence-corrected chi connectivity index (χ2v) is 10.8. The minimum absolute atomic E-state index is 0.0476. The third-order valence-corrected chi connectivity index (χ3v) is 8.20. The van der Waals surface area contributed by atoms with Crippen LogP contribution in [0.5, 0.6) is 0 Å². The summed E-state index contributed by atoms with van der Waals surface area (Å²) in [6.45, 7) is 4.73. The first kappa shape index (κ1) is 25.3. The highest BCUT2D eigenvalue weighted by atomic mass is 32.1. The number of anilines is 1. The number of carbonyl (C=O) groups excluding carboxylic acids is 4. The van der Waals surface area contributed by atoms with Crippen molar-refractivity contribution in [2.24, 2.45) is 10.2 Å². The van der Waals surface area contributed by atoms with Gasteiger partial charge in [-0.15, -0.1) is 11.3 Å². The topological polar surface area (TPSA) is 145 Å². The minimum Gasteiger partial charge on any atom is -0.379 e. The van der Waals surface area contributed by atoms with Crippen LogP contribution in [0.2, 0.25) is 0 Å². The van der Waals surface area contributed by atoms with E-state index in [1.165, 1.54) is 18.3 Å². The highest BCUT2D eigenvalue weighted by molar-refractivity contribution is 7.15. The second-order valence-electron chi connectivity index (χ2n) is 9.75. The van der Waals surface area contributed by atoms with Crippen LogP contribution < -0.4 is 16.1 Å². The quantitative estimate of drug-likeness (QED) is 0.523. The maximum Gasteiger partial charge on any atom is 0.333 e. The van der Waals surface area contributed by atoms with Gasteiger partial charge in [0.2, 0.25) is 5.91 Å². The van der Waals surface area contributed by atoms with Crippen molar-refractivity contribution in [2.45, 2.75) is 25.4 Å². The molecule has 4 aliphatic rings. The normalized spacial score (nSPS) is 22.2. The molecule has 2 saturated heterocycles. The predicted molar refractivity (Wildman–Crippen MR) is 142 cm³/mol. The van der Waals surface area contributed by atoms with Crippen molar-refractivity contribution >= 4 is 46.3 Å². The first-order valence-electron chi connectivity index (χ1n) is 12.8. The molecular weight excluding hydrogens is 522 g/mol. The number of morpholine rings is 1. The molecule has 0 saturated carbocycles. The van der Waals surface area contributed by atoms with Gasteiger partial charge in [0.05, 0.1) is 39.8 Å². The summed E-state index contributed by atoms with van der Waals surface area (Å²) in [5.74, 6) is -0.466. The summed E-state index contributed by atoms with van der Waals surface area (Å²) in [5.41, 5.74) is 5.18. The van der Waals surface area contributed by atoms with Crippen molar-refractivity contribution in [1.82, 2.24) is 20.7 Å². The summed E-state index contributed by atoms with van der Waals surface area (Å²) in [6, 6.07) is 7.78. The zero-order valence-corrected chi connectivity index (χ0v) is 22.0. The lowest BCUT2D eigenvalue weighted by Crippen LogP contribution is -2.49. The third-order valence-electron chi connectivity index (χ3n) is 7.12. The number of hydrogen-bond donors (Lipinski definition) is 3. The molecule has 1 aromatic carbocycles. The van der Waals surface area contributed by atoms with E-state index >= 15 is 0 Å². The zero-order valence-electron chi connectivity index (χ0n) is 21.2. The fourth-order valence-electron chi connectivity index (χ4n) is 5.33. The number of thiophene rings is 1. The van der Waals surface area contributed by atoms with Gasteiger partial charge in [-0.05, 0) is 30.2 Å². The van der Waals surface area contributed by atoms with E-state index in [9.17, 15) is 19.2 Å². The van der Waals surface area contributed by atoms with Crippen LogP contribution in [0, 0.1) is 0 Å². The summed E-state index contributed by atoms with van der Waals surface area (Å²) < 4.78 is 5.30. The lowest BCUT2D eigenvalue weighted by atomic mass is 10.1. The Hall–Kier alpha value is -3.94. The van der Waals surface area contributed by atoms with Gasteiger partial charge in [-0.3, -0.25) is 19.8 Å². The summed E-state index contributed by atoms with van der Waals surface area (Å²) in [5, 5.41) is 16.1. The molecule has 0 spiro atoms. The Bertz CT molecular complexity index is 1430. The number of hydrazine groups is 1. The largest absolute Gasteiger partial charge is 0.379 e. The van der Waals surface area contributed by atoms with Crippen LogP contribution in [0.4, 0.5) is 10.5 Å². The van der Waals surface area contributed by atoms with Crippen molar-refractivity contribution in [1.29, 1.82) is 0 Å². The molecule has 0 radical (unpaired) electrons. The van der Waals surface area contributed by atoms with Crippen molar-refractivity contribution in [3.05, 3.63) is 56.8 Å². The molecule has 13 heteroatoms. The molecule has 4 heterocycles. The van der Waals surface area contributed by atoms with E-state index in [2.05, 4.69) is 26.3 Å². The van der Waals surface area contributed by atoms with E-state index in [4.69, 9.17) is 4.74 Å². The summed E-state index contributed by atoms with van der Waals surface area (Å²) in [4.78, 5) is 53.7. The van der Waals surface area contributed by atoms with Gasteiger partial charge in [-0.25, -0.2) is 9.80 Å². The molecule has 3 aliphatic heterocycles. The molecule has 3 N–H and O–H groups in total. The average Bonchev–Trinajstić information content (AvgIpc) is 3.70. The van der Waals surface area contributed by atoms with Gasteiger partial charge < -0.3 is 20.3 Å². The number of hydrogen-bond acceptors (Lipinski definition) is 9. The number of urea groups is 1. The number of azo groups is 1. The Morgan fingerprint density at radius 3 is 2.72 bits per heavy atom. The fraction of sp³-hybridized carbons (Fsp3) is 0.385. The molecular formula is C26H27N7O5S. The minimum atomic E-state index is -0.551. The summed E-state index contributed by atoms with van der Waals surface area (Å²) >= 11 is 1.27. The smallest absolute Gasteiger partial charge is 0.333 e. The molecule has 2 fully saturated rings. The number of benzene rings is 1. The van der Waals surface area contributed by atoms with Crippen molar-refractivity contribution in [3.8, 4) is 0 Å². The van der Waals surface area contributed by atoms with Crippen LogP contribution in [0.15, 0.2) is 46.1 Å². The Labute approximate surface area is 228 Å². The van der Waals surface area contributed by atoms with E-state index in [1.807, 2.05) is 6.07 Å². The van der Waals surface area contributed by atoms with Gasteiger partial charge in [0.1, 0.15) is 11.7 Å². The number of fused-ring (bicyclic) bond motifs is 3. The predicted octanol–water partition coefficient (Wildman–Crippen LogP) is 2.58. The lowest BCUT2D eigenvalue weighted by molar-refractivity contribution is -0.119. The molecule has 39 heavy (non-hydrogen) atoms. The number of nitrogens with one attached hydrogen (secondary N) is 3. The van der Waals surface area contributed by atoms with E-state index < -0.39 is 12.1 Å². The van der Waals surface area contributed by atoms with Gasteiger partial charge in [-0.1, -0.05) is 12.1 Å². The molecule has 1 aliphatic carbocycles. The number of Topliss-reactive ketones (excluding diaryl/α,β-unsaturated/α-hetero) is 1. The van der Waals surface area contributed by atoms with Gasteiger partial charge in [-0.2, -0.15) is 10.2 Å². The number of ether oxygens (including phenoxy) is 1. The average molecular weight is 550 g/mol. The molecule has 2 atom stereocenters. The van der Waals surface area contributed by atoms with Crippen LogP contribution in [0.3, 0.4) is 0 Å². The second kappa shape index (κ2) is 10.3. The number of ketones is 1. The number of nitrogens with zero attached hydrogens (tertiary/aromatic N) is 4. The molecule has 1 unspecified atom stereocenters. The highest BCUT2D eigenvalue weighted by Crippen LogP contribution is 2.49. The molecule has 6 rings (SSSR count). The van der Waals surface area contributed by atoms with Crippen LogP contribution in [0.25, 0.3) is 5.70 Å². The van der Waals surface area contributed by atoms with Gasteiger partial charge in [0, 0.05) is 39.1 Å². The van der Waals surface area contributed by atoms with E-state index in [0.29, 0.717) is 83.7 Å². The maximum atomic E-state index is 13.6. The van der Waals surface area contributed by atoms with Crippen molar-refractivity contribution in [3.63, 3.8) is 0 Å². The van der Waals surface area contributed by atoms with Crippen LogP contribution in [-0.4, -0.2) is 79.0 Å². The molecule has 12 nitrogen and oxygen atoms in total. The Balaban J connectivity index is 1.20. The molecule has 2 aromatic rings. The monoisotopic (exact) mass is 549 g/mol. The number of likely N-dealkylation sites (tertiary alicyclic amines) is 1. The van der Waals surface area contributed by atoms with Crippen LogP contribution >= 0.6 is 11.3 Å². The zero-order chi connectivity index (χ0) is 27.1. The maximum absolute atomic E-state index is 13.6. The highest BCUT2D eigenvalue weighted by Gasteiger charge is 2.43. The standard InChI is InChI=1S/C26H27N7O5S/c1-14(34)27-15-7-8-32(13-15)25(36)19-6-5-18(39-19)23-21-22(29-30-23)16-3-2-4-17(20(16)24(21)35)28-26(37)31-33-9-11-38-12-10-33/h2-6,15,22H,7-13H2,1H3,(H,27,34)(H2,28,31,37)/t15-,22?/m0/s1. The number of amides is 4. The molecule has 4 amide bonds. The summed E-state index contributed by atoms with van der Waals surface area (Å²) in [7, 11) is 0. The SMILES string of the molecule is CC(=O)N[C@H]1CCN(C(=O)c2ccc(C3=C4C(=O)c5c(NC(=O)NN6CCOCC6)cccc5C4N=N3)s2)C1. The Morgan fingerprint density at radius 2 is 1.92 bits per heavy atom. The number of rotatable bonds is 5. The first-order chi connectivity index (χ1) is 18.9. The van der Waals surface area contributed by atoms with E-state index in [1.54, 1.807) is 34.2 Å².